The van der Waals surface area contributed by atoms with E-state index in [1.54, 1.807) is 6.20 Å². The van der Waals surface area contributed by atoms with E-state index in [0.29, 0.717) is 17.8 Å². The van der Waals surface area contributed by atoms with Gasteiger partial charge in [0, 0.05) is 37.3 Å². The maximum absolute atomic E-state index is 13.0. The second-order valence-corrected chi connectivity index (χ2v) is 8.12. The van der Waals surface area contributed by atoms with Gasteiger partial charge in [0.05, 0.1) is 11.9 Å². The molecular weight excluding hydrogens is 400 g/mol. The van der Waals surface area contributed by atoms with Gasteiger partial charge in [-0.05, 0) is 55.7 Å². The number of hydrogen-bond donors (Lipinski definition) is 1. The van der Waals surface area contributed by atoms with Crippen LogP contribution in [0.25, 0.3) is 0 Å². The Bertz CT molecular complexity index is 1110. The minimum absolute atomic E-state index is 0.0900. The first-order valence-electron chi connectivity index (χ1n) is 11.0. The Morgan fingerprint density at radius 2 is 1.50 bits per heavy atom. The van der Waals surface area contributed by atoms with E-state index in [9.17, 15) is 9.59 Å². The summed E-state index contributed by atoms with van der Waals surface area (Å²) < 4.78 is 0. The average molecular weight is 429 g/mol. The van der Waals surface area contributed by atoms with Crippen LogP contribution in [0.15, 0.2) is 66.9 Å². The maximum atomic E-state index is 13.0. The Morgan fingerprint density at radius 3 is 2.16 bits per heavy atom. The van der Waals surface area contributed by atoms with Crippen LogP contribution in [0.1, 0.15) is 38.3 Å². The van der Waals surface area contributed by atoms with Crippen LogP contribution in [0.2, 0.25) is 0 Å². The van der Waals surface area contributed by atoms with Crippen molar-refractivity contribution in [3.8, 4) is 0 Å². The molecule has 0 spiro atoms. The van der Waals surface area contributed by atoms with E-state index in [4.69, 9.17) is 0 Å². The summed E-state index contributed by atoms with van der Waals surface area (Å²) in [7, 11) is 0. The highest BCUT2D eigenvalue weighted by Gasteiger charge is 2.22. The van der Waals surface area contributed by atoms with Crippen LogP contribution in [-0.2, 0) is 0 Å². The fourth-order valence-corrected chi connectivity index (χ4v) is 4.01. The summed E-state index contributed by atoms with van der Waals surface area (Å²) >= 11 is 0. The molecule has 0 bridgehead atoms. The molecule has 1 fully saturated rings. The Balaban J connectivity index is 1.38. The number of aryl methyl sites for hydroxylation is 2. The number of benzene rings is 2. The zero-order valence-corrected chi connectivity index (χ0v) is 18.5. The number of amides is 2. The number of hydrogen-bond acceptors (Lipinski definition) is 4. The lowest BCUT2D eigenvalue weighted by atomic mass is 10.1. The normalized spacial score (nSPS) is 14.1. The second-order valence-electron chi connectivity index (χ2n) is 8.12. The van der Waals surface area contributed by atoms with Crippen LogP contribution < -0.4 is 10.2 Å². The van der Waals surface area contributed by atoms with Gasteiger partial charge in [-0.1, -0.05) is 36.4 Å². The fourth-order valence-electron chi connectivity index (χ4n) is 4.01. The first-order chi connectivity index (χ1) is 15.5. The van der Waals surface area contributed by atoms with E-state index in [-0.39, 0.29) is 11.8 Å². The highest BCUT2D eigenvalue weighted by atomic mass is 16.2. The smallest absolute Gasteiger partial charge is 0.255 e. The van der Waals surface area contributed by atoms with Crippen molar-refractivity contribution in [2.24, 2.45) is 0 Å². The maximum Gasteiger partial charge on any atom is 0.255 e. The summed E-state index contributed by atoms with van der Waals surface area (Å²) in [5, 5.41) is 2.91. The monoisotopic (exact) mass is 428 g/mol. The van der Waals surface area contributed by atoms with E-state index in [1.165, 1.54) is 0 Å². The molecular formula is C26H28N4O2. The zero-order valence-electron chi connectivity index (χ0n) is 18.5. The lowest BCUT2D eigenvalue weighted by molar-refractivity contribution is 0.0766. The van der Waals surface area contributed by atoms with Crippen LogP contribution in [0.5, 0.6) is 0 Å². The first kappa shape index (κ1) is 21.6. The Hall–Kier alpha value is -3.67. The molecule has 2 aromatic carbocycles. The van der Waals surface area contributed by atoms with Gasteiger partial charge in [0.25, 0.3) is 11.8 Å². The molecule has 0 aliphatic carbocycles. The van der Waals surface area contributed by atoms with Gasteiger partial charge in [-0.15, -0.1) is 0 Å². The molecule has 2 heterocycles. The summed E-state index contributed by atoms with van der Waals surface area (Å²) in [6.45, 7) is 6.83. The standard InChI is InChI=1S/C26H28N4O2/c1-19-8-3-5-10-22(19)25(31)28-21-12-13-24(27-18-21)29-14-7-15-30(17-16-29)26(32)23-11-6-4-9-20(23)2/h3-6,8-13,18H,7,14-17H2,1-2H3,(H,28,31). The van der Waals surface area contributed by atoms with Crippen molar-refractivity contribution in [2.45, 2.75) is 20.3 Å². The lowest BCUT2D eigenvalue weighted by Gasteiger charge is -2.23. The van der Waals surface area contributed by atoms with Gasteiger partial charge in [-0.25, -0.2) is 4.98 Å². The largest absolute Gasteiger partial charge is 0.355 e. The quantitative estimate of drug-likeness (QED) is 0.673. The average Bonchev–Trinajstić information content (AvgIpc) is 3.06. The molecule has 0 atom stereocenters. The van der Waals surface area contributed by atoms with Gasteiger partial charge in [0.2, 0.25) is 0 Å². The minimum atomic E-state index is -0.141. The minimum Gasteiger partial charge on any atom is -0.355 e. The molecule has 2 amide bonds. The third kappa shape index (κ3) is 4.80. The Morgan fingerprint density at radius 1 is 0.812 bits per heavy atom. The number of anilines is 2. The number of carbonyl (C=O) groups excluding carboxylic acids is 2. The van der Waals surface area contributed by atoms with E-state index in [1.807, 2.05) is 79.4 Å². The molecule has 164 valence electrons. The molecule has 3 aromatic rings. The molecule has 6 nitrogen and oxygen atoms in total. The third-order valence-electron chi connectivity index (χ3n) is 5.88. The molecule has 4 rings (SSSR count). The van der Waals surface area contributed by atoms with Crippen molar-refractivity contribution in [1.29, 1.82) is 0 Å². The molecule has 0 unspecified atom stereocenters. The van der Waals surface area contributed by atoms with Crippen molar-refractivity contribution in [1.82, 2.24) is 9.88 Å². The summed E-state index contributed by atoms with van der Waals surface area (Å²) in [4.78, 5) is 34.2. The molecule has 6 heteroatoms. The molecule has 32 heavy (non-hydrogen) atoms. The van der Waals surface area contributed by atoms with Crippen LogP contribution >= 0.6 is 0 Å². The van der Waals surface area contributed by atoms with Crippen LogP contribution in [0.4, 0.5) is 11.5 Å². The fraction of sp³-hybridized carbons (Fsp3) is 0.269. The van der Waals surface area contributed by atoms with Crippen LogP contribution in [-0.4, -0.2) is 47.9 Å². The Labute approximate surface area is 188 Å². The molecule has 1 N–H and O–H groups in total. The SMILES string of the molecule is Cc1ccccc1C(=O)Nc1ccc(N2CCCN(C(=O)c3ccccc3C)CC2)nc1. The molecule has 1 saturated heterocycles. The van der Waals surface area contributed by atoms with E-state index < -0.39 is 0 Å². The topological polar surface area (TPSA) is 65.5 Å². The van der Waals surface area contributed by atoms with Crippen molar-refractivity contribution < 1.29 is 9.59 Å². The summed E-state index contributed by atoms with van der Waals surface area (Å²) in [5.41, 5.74) is 4.02. The van der Waals surface area contributed by atoms with Gasteiger partial charge < -0.3 is 15.1 Å². The van der Waals surface area contributed by atoms with Gasteiger partial charge >= 0.3 is 0 Å². The Kier molecular flexibility index (Phi) is 6.50. The number of pyridine rings is 1. The van der Waals surface area contributed by atoms with Crippen molar-refractivity contribution in [2.75, 3.05) is 36.4 Å². The highest BCUT2D eigenvalue weighted by Crippen LogP contribution is 2.19. The zero-order chi connectivity index (χ0) is 22.5. The molecule has 1 aliphatic heterocycles. The van der Waals surface area contributed by atoms with Gasteiger partial charge in [0.15, 0.2) is 0 Å². The number of rotatable bonds is 4. The molecule has 0 saturated carbocycles. The predicted octanol–water partition coefficient (Wildman–Crippen LogP) is 4.30. The first-order valence-corrected chi connectivity index (χ1v) is 11.0. The summed E-state index contributed by atoms with van der Waals surface area (Å²) in [6, 6.07) is 19.0. The number of nitrogens with zero attached hydrogens (tertiary/aromatic N) is 3. The van der Waals surface area contributed by atoms with Gasteiger partial charge in [0.1, 0.15) is 5.82 Å². The van der Waals surface area contributed by atoms with E-state index >= 15 is 0 Å². The number of aromatic nitrogens is 1. The van der Waals surface area contributed by atoms with Crippen LogP contribution in [0.3, 0.4) is 0 Å². The number of carbonyl (C=O) groups is 2. The summed E-state index contributed by atoms with van der Waals surface area (Å²) in [6.07, 6.45) is 2.57. The molecule has 1 aliphatic rings. The van der Waals surface area contributed by atoms with E-state index in [0.717, 1.165) is 48.6 Å². The van der Waals surface area contributed by atoms with Crippen molar-refractivity contribution in [3.05, 3.63) is 89.1 Å². The van der Waals surface area contributed by atoms with Crippen molar-refractivity contribution in [3.63, 3.8) is 0 Å². The number of nitrogens with one attached hydrogen (secondary N) is 1. The highest BCUT2D eigenvalue weighted by molar-refractivity contribution is 6.05. The van der Waals surface area contributed by atoms with E-state index in [2.05, 4.69) is 15.2 Å². The summed E-state index contributed by atoms with van der Waals surface area (Å²) in [5.74, 6) is 0.800. The van der Waals surface area contributed by atoms with Gasteiger partial charge in [-0.3, -0.25) is 9.59 Å². The van der Waals surface area contributed by atoms with Crippen molar-refractivity contribution >= 4 is 23.3 Å². The third-order valence-corrected chi connectivity index (χ3v) is 5.88. The van der Waals surface area contributed by atoms with Gasteiger partial charge in [-0.2, -0.15) is 0 Å². The lowest BCUT2D eigenvalue weighted by Crippen LogP contribution is -2.35. The predicted molar refractivity (Wildman–Crippen MR) is 127 cm³/mol. The van der Waals surface area contributed by atoms with Crippen LogP contribution in [0, 0.1) is 13.8 Å². The molecule has 0 radical (unpaired) electrons. The second kappa shape index (κ2) is 9.64. The molecule has 1 aromatic heterocycles.